The first-order valence-electron chi connectivity index (χ1n) is 11.6. The van der Waals surface area contributed by atoms with Crippen LogP contribution in [-0.4, -0.2) is 48.6 Å². The third kappa shape index (κ3) is 14.2. The fourth-order valence-electron chi connectivity index (χ4n) is 3.61. The minimum absolute atomic E-state index is 0.120. The highest BCUT2D eigenvalue weighted by Gasteiger charge is 2.24. The number of non-ortho nitro benzene ring substituents is 1. The van der Waals surface area contributed by atoms with Crippen LogP contribution in [0.4, 0.5) is 5.69 Å². The van der Waals surface area contributed by atoms with E-state index < -0.39 is 20.8 Å². The summed E-state index contributed by atoms with van der Waals surface area (Å²) in [4.78, 5) is 9.64. The van der Waals surface area contributed by atoms with Gasteiger partial charge in [-0.2, -0.15) is 0 Å². The van der Waals surface area contributed by atoms with Crippen LogP contribution in [0.15, 0.2) is 24.3 Å². The molecule has 1 aromatic carbocycles. The van der Waals surface area contributed by atoms with E-state index in [1.54, 1.807) is 0 Å². The number of rotatable bonds is 15. The standard InChI is InChI=1S/C16H36N.C7H7NO5S/c1-5-9-13-17(14-10-6-2,15-11-7-3)16-12-8-4;9-8(10)7-3-1-2-6(4-7)5-14(11,12)13/h5-16H2,1-4H3;1-4H,5H2,(H,11,12,13)/q+1;/p-1. The monoisotopic (exact) mass is 458 g/mol. The van der Waals surface area contributed by atoms with Crippen molar-refractivity contribution < 1.29 is 22.4 Å². The smallest absolute Gasteiger partial charge is 0.269 e. The van der Waals surface area contributed by atoms with Crippen molar-refractivity contribution in [1.82, 2.24) is 0 Å². The lowest BCUT2D eigenvalue weighted by atomic mass is 10.1. The molecule has 31 heavy (non-hydrogen) atoms. The maximum Gasteiger partial charge on any atom is 0.269 e. The van der Waals surface area contributed by atoms with E-state index in [1.807, 2.05) is 0 Å². The van der Waals surface area contributed by atoms with Gasteiger partial charge in [-0.3, -0.25) is 10.1 Å². The normalized spacial score (nSPS) is 11.6. The van der Waals surface area contributed by atoms with Gasteiger partial charge in [-0.15, -0.1) is 0 Å². The predicted octanol–water partition coefficient (Wildman–Crippen LogP) is 5.64. The Hall–Kier alpha value is -1.51. The van der Waals surface area contributed by atoms with Crippen LogP contribution >= 0.6 is 0 Å². The topological polar surface area (TPSA) is 100 Å². The molecule has 0 atom stereocenters. The molecule has 0 heterocycles. The van der Waals surface area contributed by atoms with Crippen LogP contribution in [0.3, 0.4) is 0 Å². The van der Waals surface area contributed by atoms with Crippen LogP contribution in [0.5, 0.6) is 0 Å². The molecule has 0 saturated heterocycles. The summed E-state index contributed by atoms with van der Waals surface area (Å²) in [5, 5.41) is 10.3. The zero-order chi connectivity index (χ0) is 23.8. The van der Waals surface area contributed by atoms with Crippen molar-refractivity contribution in [3.8, 4) is 0 Å². The summed E-state index contributed by atoms with van der Waals surface area (Å²) in [5.41, 5.74) is -0.111. The van der Waals surface area contributed by atoms with E-state index in [-0.39, 0.29) is 11.3 Å². The van der Waals surface area contributed by atoms with Gasteiger partial charge in [0.15, 0.2) is 0 Å². The summed E-state index contributed by atoms with van der Waals surface area (Å²) in [6.45, 7) is 15.0. The third-order valence-corrected chi connectivity index (χ3v) is 6.10. The van der Waals surface area contributed by atoms with Crippen molar-refractivity contribution >= 4 is 15.8 Å². The molecule has 0 saturated carbocycles. The van der Waals surface area contributed by atoms with Crippen LogP contribution in [-0.2, 0) is 15.9 Å². The van der Waals surface area contributed by atoms with Crippen molar-refractivity contribution in [1.29, 1.82) is 0 Å². The molecule has 0 aliphatic carbocycles. The molecule has 0 aromatic heterocycles. The van der Waals surface area contributed by atoms with Crippen LogP contribution in [0.2, 0.25) is 0 Å². The molecule has 1 aromatic rings. The Labute approximate surface area is 189 Å². The first-order valence-corrected chi connectivity index (χ1v) is 13.2. The third-order valence-electron chi connectivity index (χ3n) is 5.41. The fourth-order valence-corrected chi connectivity index (χ4v) is 4.20. The SMILES string of the molecule is CCCC[N+](CCCC)(CCCC)CCCC.O=[N+]([O-])c1cccc(CS(=O)(=O)[O-])c1. The first kappa shape index (κ1) is 29.5. The van der Waals surface area contributed by atoms with E-state index in [1.165, 1.54) is 100 Å². The van der Waals surface area contributed by atoms with Crippen LogP contribution < -0.4 is 0 Å². The molecule has 0 N–H and O–H groups in total. The number of unbranched alkanes of at least 4 members (excludes halogenated alkanes) is 4. The van der Waals surface area contributed by atoms with Gasteiger partial charge in [-0.05, 0) is 31.2 Å². The van der Waals surface area contributed by atoms with Gasteiger partial charge >= 0.3 is 0 Å². The van der Waals surface area contributed by atoms with Crippen LogP contribution in [0, 0.1) is 10.1 Å². The number of hydrogen-bond donors (Lipinski definition) is 0. The Balaban J connectivity index is 0.000000590. The van der Waals surface area contributed by atoms with Gasteiger partial charge in [0.2, 0.25) is 0 Å². The van der Waals surface area contributed by atoms with Gasteiger partial charge in [0, 0.05) is 12.1 Å². The highest BCUT2D eigenvalue weighted by Crippen LogP contribution is 2.17. The van der Waals surface area contributed by atoms with Crippen LogP contribution in [0.25, 0.3) is 0 Å². The summed E-state index contributed by atoms with van der Waals surface area (Å²) >= 11 is 0. The first-order chi connectivity index (χ1) is 14.6. The lowest BCUT2D eigenvalue weighted by Crippen LogP contribution is -2.50. The van der Waals surface area contributed by atoms with Crippen LogP contribution in [0.1, 0.15) is 84.6 Å². The lowest BCUT2D eigenvalue weighted by molar-refractivity contribution is -0.929. The average Bonchev–Trinajstić information content (AvgIpc) is 2.72. The summed E-state index contributed by atoms with van der Waals surface area (Å²) in [6, 6.07) is 4.97. The number of quaternary nitrogens is 1. The fraction of sp³-hybridized carbons (Fsp3) is 0.739. The Morgan fingerprint density at radius 2 is 1.26 bits per heavy atom. The summed E-state index contributed by atoms with van der Waals surface area (Å²) in [6.07, 6.45) is 11.1. The second kappa shape index (κ2) is 16.2. The Morgan fingerprint density at radius 3 is 1.58 bits per heavy atom. The predicted molar refractivity (Wildman–Crippen MR) is 126 cm³/mol. The molecule has 0 radical (unpaired) electrons. The lowest BCUT2D eigenvalue weighted by Gasteiger charge is -2.39. The van der Waals surface area contributed by atoms with Gasteiger partial charge in [0.05, 0.1) is 47.0 Å². The van der Waals surface area contributed by atoms with Crippen molar-refractivity contribution in [2.24, 2.45) is 0 Å². The molecule has 0 aliphatic rings. The van der Waals surface area contributed by atoms with Crippen molar-refractivity contribution in [3.05, 3.63) is 39.9 Å². The number of hydrogen-bond acceptors (Lipinski definition) is 5. The van der Waals surface area contributed by atoms with E-state index in [0.717, 1.165) is 6.07 Å². The summed E-state index contributed by atoms with van der Waals surface area (Å²) < 4.78 is 32.5. The molecule has 0 bridgehead atoms. The summed E-state index contributed by atoms with van der Waals surface area (Å²) in [7, 11) is -4.39. The van der Waals surface area contributed by atoms with Gasteiger partial charge in [0.1, 0.15) is 0 Å². The highest BCUT2D eigenvalue weighted by molar-refractivity contribution is 7.84. The van der Waals surface area contributed by atoms with Crippen molar-refractivity contribution in [2.45, 2.75) is 84.8 Å². The molecular formula is C23H42N2O5S. The molecule has 180 valence electrons. The largest absolute Gasteiger partial charge is 0.748 e. The van der Waals surface area contributed by atoms with Gasteiger partial charge in [0.25, 0.3) is 5.69 Å². The molecule has 8 heteroatoms. The van der Waals surface area contributed by atoms with Gasteiger partial charge < -0.3 is 9.04 Å². The number of benzene rings is 1. The Bertz CT molecular complexity index is 685. The second-order valence-electron chi connectivity index (χ2n) is 8.28. The highest BCUT2D eigenvalue weighted by atomic mass is 32.2. The zero-order valence-corrected chi connectivity index (χ0v) is 20.7. The van der Waals surface area contributed by atoms with E-state index in [9.17, 15) is 23.1 Å². The van der Waals surface area contributed by atoms with E-state index in [4.69, 9.17) is 0 Å². The number of nitro groups is 1. The molecule has 7 nitrogen and oxygen atoms in total. The molecule has 0 amide bonds. The summed E-state index contributed by atoms with van der Waals surface area (Å²) in [5.74, 6) is -0.728. The maximum atomic E-state index is 10.4. The second-order valence-corrected chi connectivity index (χ2v) is 9.68. The van der Waals surface area contributed by atoms with Gasteiger partial charge in [-0.25, -0.2) is 8.42 Å². The molecule has 0 fully saturated rings. The molecular weight excluding hydrogens is 416 g/mol. The van der Waals surface area contributed by atoms with Gasteiger partial charge in [-0.1, -0.05) is 65.5 Å². The van der Waals surface area contributed by atoms with Crippen molar-refractivity contribution in [2.75, 3.05) is 26.2 Å². The molecule has 1 rings (SSSR count). The minimum atomic E-state index is -4.39. The average molecular weight is 459 g/mol. The Kier molecular flexibility index (Phi) is 15.4. The molecule has 0 unspecified atom stereocenters. The minimum Gasteiger partial charge on any atom is -0.748 e. The zero-order valence-electron chi connectivity index (χ0n) is 19.8. The molecule has 0 spiro atoms. The maximum absolute atomic E-state index is 10.4. The Morgan fingerprint density at radius 1 is 0.839 bits per heavy atom. The van der Waals surface area contributed by atoms with E-state index >= 15 is 0 Å². The molecule has 0 aliphatic heterocycles. The van der Waals surface area contributed by atoms with E-state index in [0.29, 0.717) is 0 Å². The van der Waals surface area contributed by atoms with Crippen molar-refractivity contribution in [3.63, 3.8) is 0 Å². The van der Waals surface area contributed by atoms with E-state index in [2.05, 4.69) is 27.7 Å². The quantitative estimate of drug-likeness (QED) is 0.146. The number of nitrogens with zero attached hydrogens (tertiary/aromatic N) is 2. The number of nitro benzene ring substituents is 1.